The average molecular weight is 574 g/mol. The minimum atomic E-state index is -1.61. The summed E-state index contributed by atoms with van der Waals surface area (Å²) < 4.78 is 0. The topological polar surface area (TPSA) is 57.5 Å². The third-order valence-corrected chi connectivity index (χ3v) is 14.5. The van der Waals surface area contributed by atoms with E-state index in [4.69, 9.17) is 0 Å². The van der Waals surface area contributed by atoms with Crippen LogP contribution >= 0.6 is 0 Å². The van der Waals surface area contributed by atoms with Crippen molar-refractivity contribution in [2.24, 2.45) is 62.6 Å². The number of aliphatic carboxylic acids is 1. The van der Waals surface area contributed by atoms with Crippen molar-refractivity contribution < 1.29 is 34.5 Å². The Morgan fingerprint density at radius 3 is 2.03 bits per heavy atom. The van der Waals surface area contributed by atoms with Crippen LogP contribution in [0.2, 0.25) is 0 Å². The van der Waals surface area contributed by atoms with Gasteiger partial charge in [0.1, 0.15) is 0 Å². The molecule has 0 aromatic heterocycles. The summed E-state index contributed by atoms with van der Waals surface area (Å²) in [6, 6.07) is 0. The molecule has 0 heterocycles. The molecule has 0 aliphatic heterocycles. The largest absolute Gasteiger partial charge is 0.479 e. The molecule has 4 heteroatoms. The van der Waals surface area contributed by atoms with E-state index in [1.54, 1.807) is 0 Å². The normalized spacial score (nSPS) is 56.9. The first-order valence-corrected chi connectivity index (χ1v) is 14.5. The van der Waals surface area contributed by atoms with Crippen molar-refractivity contribution in [3.63, 3.8) is 0 Å². The Kier molecular flexibility index (Phi) is 6.64. The summed E-state index contributed by atoms with van der Waals surface area (Å²) in [6.45, 7) is 19.6. The van der Waals surface area contributed by atoms with Gasteiger partial charge in [-0.2, -0.15) is 0 Å². The van der Waals surface area contributed by atoms with Gasteiger partial charge in [0.2, 0.25) is 0 Å². The molecule has 0 amide bonds. The van der Waals surface area contributed by atoms with E-state index < -0.39 is 17.0 Å². The fraction of sp³-hybridized carbons (Fsp3) is 0.968. The minimum absolute atomic E-state index is 0. The summed E-state index contributed by atoms with van der Waals surface area (Å²) in [4.78, 5) is 12.7. The van der Waals surface area contributed by atoms with E-state index in [1.807, 2.05) is 0 Å². The molecular formula is C31H52O3Ru. The van der Waals surface area contributed by atoms with Crippen molar-refractivity contribution in [2.45, 2.75) is 125 Å². The molecule has 5 aliphatic carbocycles. The molecule has 5 rings (SSSR count). The van der Waals surface area contributed by atoms with E-state index in [2.05, 4.69) is 55.4 Å². The van der Waals surface area contributed by atoms with Crippen LogP contribution in [0.1, 0.15) is 120 Å². The van der Waals surface area contributed by atoms with Crippen molar-refractivity contribution in [1.29, 1.82) is 0 Å². The van der Waals surface area contributed by atoms with Crippen LogP contribution in [0.15, 0.2) is 0 Å². The van der Waals surface area contributed by atoms with Crippen molar-refractivity contribution in [3.8, 4) is 0 Å². The first-order valence-electron chi connectivity index (χ1n) is 14.5. The van der Waals surface area contributed by atoms with Crippen LogP contribution in [0.5, 0.6) is 0 Å². The molecular weight excluding hydrogens is 521 g/mol. The van der Waals surface area contributed by atoms with E-state index in [9.17, 15) is 15.0 Å². The first kappa shape index (κ1) is 28.1. The van der Waals surface area contributed by atoms with Gasteiger partial charge >= 0.3 is 5.97 Å². The maximum atomic E-state index is 12.7. The van der Waals surface area contributed by atoms with Gasteiger partial charge in [-0.1, -0.05) is 55.4 Å². The summed E-state index contributed by atoms with van der Waals surface area (Å²) in [5.74, 6) is 2.62. The van der Waals surface area contributed by atoms with Crippen LogP contribution in [-0.4, -0.2) is 21.8 Å². The number of rotatable bonds is 1. The molecule has 1 unspecified atom stereocenters. The Hall–Kier alpha value is 0.0534. The van der Waals surface area contributed by atoms with Gasteiger partial charge in [-0.25, -0.2) is 4.79 Å². The van der Waals surface area contributed by atoms with Crippen LogP contribution in [0.25, 0.3) is 0 Å². The van der Waals surface area contributed by atoms with Crippen molar-refractivity contribution >= 4 is 5.97 Å². The van der Waals surface area contributed by atoms with Crippen LogP contribution in [0, 0.1) is 62.6 Å². The van der Waals surface area contributed by atoms with Crippen LogP contribution in [0.3, 0.4) is 0 Å². The monoisotopic (exact) mass is 574 g/mol. The van der Waals surface area contributed by atoms with E-state index in [1.165, 1.54) is 38.5 Å². The Labute approximate surface area is 227 Å². The number of hydrogen-bond donors (Lipinski definition) is 2. The third-order valence-electron chi connectivity index (χ3n) is 14.5. The first-order chi connectivity index (χ1) is 15.6. The SMILES string of the molecule is C[C@@H]1[C@H]2[C@H]3CC[C@@H]4[C@]5(C)[C@@H](CC[C@@]4(C)[C@]3(C)CC[C@@]2(C)CC[C@H]1C)C(C)(C)CCC5(O)C(=O)O.[Ru]. The van der Waals surface area contributed by atoms with E-state index in [0.29, 0.717) is 11.8 Å². The molecule has 0 aromatic carbocycles. The molecule has 0 bridgehead atoms. The quantitative estimate of drug-likeness (QED) is 0.318. The number of fused-ring (bicyclic) bond motifs is 7. The molecule has 3 nitrogen and oxygen atoms in total. The second kappa shape index (κ2) is 8.27. The zero-order valence-electron chi connectivity index (χ0n) is 23.7. The summed E-state index contributed by atoms with van der Waals surface area (Å²) in [5, 5.41) is 22.4. The zero-order chi connectivity index (χ0) is 25.1. The smallest absolute Gasteiger partial charge is 0.336 e. The predicted octanol–water partition coefficient (Wildman–Crippen LogP) is 7.56. The zero-order valence-corrected chi connectivity index (χ0v) is 25.4. The van der Waals surface area contributed by atoms with Gasteiger partial charge in [-0.15, -0.1) is 0 Å². The van der Waals surface area contributed by atoms with E-state index >= 15 is 0 Å². The molecule has 202 valence electrons. The Morgan fingerprint density at radius 1 is 0.743 bits per heavy atom. The molecule has 0 saturated heterocycles. The molecule has 11 atom stereocenters. The Bertz CT molecular complexity index is 871. The third kappa shape index (κ3) is 3.29. The molecule has 0 spiro atoms. The van der Waals surface area contributed by atoms with E-state index in [0.717, 1.165) is 42.9 Å². The van der Waals surface area contributed by atoms with Crippen LogP contribution < -0.4 is 0 Å². The molecule has 35 heavy (non-hydrogen) atoms. The Balaban J connectivity index is 0.00000289. The second-order valence-corrected chi connectivity index (χ2v) is 15.7. The number of carboxylic acid groups (broad SMARTS) is 1. The van der Waals surface area contributed by atoms with E-state index in [-0.39, 0.29) is 47.6 Å². The molecule has 2 N–H and O–H groups in total. The molecule has 5 saturated carbocycles. The maximum absolute atomic E-state index is 12.7. The van der Waals surface area contributed by atoms with Gasteiger partial charge in [0.05, 0.1) is 0 Å². The van der Waals surface area contributed by atoms with Gasteiger partial charge in [-0.3, -0.25) is 0 Å². The summed E-state index contributed by atoms with van der Waals surface area (Å²) in [7, 11) is 0. The van der Waals surface area contributed by atoms with Crippen LogP contribution in [0.4, 0.5) is 0 Å². The molecule has 5 fully saturated rings. The summed E-state index contributed by atoms with van der Waals surface area (Å²) >= 11 is 0. The average Bonchev–Trinajstić information content (AvgIpc) is 2.75. The standard InChI is InChI=1S/C31H52O3.Ru/c1-19-11-13-27(5)16-17-28(6)21(24(27)20(19)2)9-10-23-29(28,7)14-12-22-26(3,4)15-18-31(34,25(32)33)30(22,23)8;/h19-24,34H,9-18H2,1-8H3,(H,32,33);/t19-,20+,21-,22+,23+,24+,27-,28-,29-,30+,31?;/m1./s1. The molecule has 0 aromatic rings. The molecule has 0 radical (unpaired) electrons. The van der Waals surface area contributed by atoms with Gasteiger partial charge < -0.3 is 10.2 Å². The van der Waals surface area contributed by atoms with Crippen LogP contribution in [-0.2, 0) is 24.3 Å². The predicted molar refractivity (Wildman–Crippen MR) is 137 cm³/mol. The maximum Gasteiger partial charge on any atom is 0.336 e. The number of hydrogen-bond acceptors (Lipinski definition) is 2. The van der Waals surface area contributed by atoms with Crippen molar-refractivity contribution in [1.82, 2.24) is 0 Å². The van der Waals surface area contributed by atoms with Gasteiger partial charge in [0, 0.05) is 24.9 Å². The van der Waals surface area contributed by atoms with Gasteiger partial charge in [-0.05, 0) is 121 Å². The molecule has 5 aliphatic rings. The number of carbonyl (C=O) groups is 1. The number of aliphatic hydroxyl groups is 1. The van der Waals surface area contributed by atoms with Gasteiger partial charge in [0.15, 0.2) is 5.60 Å². The fourth-order valence-corrected chi connectivity index (χ4v) is 12.0. The summed E-state index contributed by atoms with van der Waals surface area (Å²) in [5.41, 5.74) is -1.34. The van der Waals surface area contributed by atoms with Gasteiger partial charge in [0.25, 0.3) is 0 Å². The van der Waals surface area contributed by atoms with Crippen molar-refractivity contribution in [3.05, 3.63) is 0 Å². The fourth-order valence-electron chi connectivity index (χ4n) is 12.0. The summed E-state index contributed by atoms with van der Waals surface area (Å²) in [6.07, 6.45) is 11.1. The number of carboxylic acids is 1. The van der Waals surface area contributed by atoms with Crippen molar-refractivity contribution in [2.75, 3.05) is 0 Å². The Morgan fingerprint density at radius 2 is 1.40 bits per heavy atom. The minimum Gasteiger partial charge on any atom is -0.479 e. The second-order valence-electron chi connectivity index (χ2n) is 15.7.